The van der Waals surface area contributed by atoms with E-state index in [-0.39, 0.29) is 0 Å². The lowest BCUT2D eigenvalue weighted by Crippen LogP contribution is -1.98. The molecular formula is C16H24N2S. The number of imidazole rings is 1. The van der Waals surface area contributed by atoms with Crippen LogP contribution in [0.3, 0.4) is 0 Å². The van der Waals surface area contributed by atoms with Crippen molar-refractivity contribution < 1.29 is 0 Å². The summed E-state index contributed by atoms with van der Waals surface area (Å²) in [6, 6.07) is 6.40. The fourth-order valence-corrected chi connectivity index (χ4v) is 2.89. The maximum absolute atomic E-state index is 5.44. The summed E-state index contributed by atoms with van der Waals surface area (Å²) < 4.78 is 3.11. The van der Waals surface area contributed by atoms with Crippen LogP contribution < -0.4 is 0 Å². The van der Waals surface area contributed by atoms with Gasteiger partial charge in [-0.25, -0.2) is 0 Å². The van der Waals surface area contributed by atoms with Gasteiger partial charge in [0.1, 0.15) is 0 Å². The lowest BCUT2D eigenvalue weighted by atomic mass is 10.1. The first-order chi connectivity index (χ1) is 9.24. The molecule has 0 saturated heterocycles. The van der Waals surface area contributed by atoms with Crippen molar-refractivity contribution in [3.8, 4) is 0 Å². The summed E-state index contributed by atoms with van der Waals surface area (Å²) in [5, 5.41) is 0. The van der Waals surface area contributed by atoms with Crippen molar-refractivity contribution in [2.45, 2.75) is 58.9 Å². The number of fused-ring (bicyclic) bond motifs is 1. The van der Waals surface area contributed by atoms with E-state index in [2.05, 4.69) is 41.6 Å². The van der Waals surface area contributed by atoms with Gasteiger partial charge in [-0.2, -0.15) is 0 Å². The third-order valence-electron chi connectivity index (χ3n) is 3.75. The molecule has 0 fully saturated rings. The van der Waals surface area contributed by atoms with Crippen LogP contribution >= 0.6 is 12.2 Å². The van der Waals surface area contributed by atoms with Crippen molar-refractivity contribution in [3.05, 3.63) is 28.5 Å². The molecule has 3 heteroatoms. The molecule has 1 N–H and O–H groups in total. The number of aromatic amines is 1. The fourth-order valence-electron chi connectivity index (χ4n) is 2.60. The first-order valence-corrected chi connectivity index (χ1v) is 7.83. The van der Waals surface area contributed by atoms with Crippen LogP contribution in [0, 0.1) is 11.7 Å². The van der Waals surface area contributed by atoms with Gasteiger partial charge in [0.15, 0.2) is 4.77 Å². The van der Waals surface area contributed by atoms with Crippen LogP contribution in [0.1, 0.15) is 51.0 Å². The van der Waals surface area contributed by atoms with Gasteiger partial charge in [0.25, 0.3) is 0 Å². The Labute approximate surface area is 120 Å². The minimum absolute atomic E-state index is 0.859. The Morgan fingerprint density at radius 2 is 1.84 bits per heavy atom. The molecule has 0 bridgehead atoms. The van der Waals surface area contributed by atoms with E-state index in [9.17, 15) is 0 Å². The Morgan fingerprint density at radius 3 is 2.63 bits per heavy atom. The van der Waals surface area contributed by atoms with Crippen LogP contribution in [0.2, 0.25) is 0 Å². The number of aromatic nitrogens is 2. The first-order valence-electron chi connectivity index (χ1n) is 7.42. The third-order valence-corrected chi connectivity index (χ3v) is 4.08. The van der Waals surface area contributed by atoms with Crippen molar-refractivity contribution in [2.75, 3.05) is 0 Å². The van der Waals surface area contributed by atoms with Crippen molar-refractivity contribution >= 4 is 23.3 Å². The normalized spacial score (nSPS) is 11.3. The summed E-state index contributed by atoms with van der Waals surface area (Å²) in [4.78, 5) is 3.33. The highest BCUT2D eigenvalue weighted by Gasteiger charge is 2.05. The standard InChI is InChI=1S/C16H24N2S/c1-3-4-5-6-7-8-12-18-14-11-9-10-13(2)15(14)17-16(18)19/h9-11H,3-8,12H2,1-2H3,(H,17,19). The van der Waals surface area contributed by atoms with Crippen molar-refractivity contribution in [3.63, 3.8) is 0 Å². The van der Waals surface area contributed by atoms with E-state index in [1.165, 1.54) is 55.1 Å². The van der Waals surface area contributed by atoms with E-state index >= 15 is 0 Å². The number of hydrogen-bond donors (Lipinski definition) is 1. The second kappa shape index (κ2) is 6.90. The highest BCUT2D eigenvalue weighted by Crippen LogP contribution is 2.18. The van der Waals surface area contributed by atoms with Crippen LogP contribution in [0.15, 0.2) is 18.2 Å². The molecule has 0 atom stereocenters. The maximum atomic E-state index is 5.44. The van der Waals surface area contributed by atoms with Crippen LogP contribution in [0.5, 0.6) is 0 Å². The van der Waals surface area contributed by atoms with E-state index < -0.39 is 0 Å². The summed E-state index contributed by atoms with van der Waals surface area (Å²) in [5.74, 6) is 0. The number of benzene rings is 1. The summed E-state index contributed by atoms with van der Waals surface area (Å²) >= 11 is 5.44. The fraction of sp³-hybridized carbons (Fsp3) is 0.562. The number of H-pyrrole nitrogens is 1. The van der Waals surface area contributed by atoms with E-state index in [1.807, 2.05) is 0 Å². The topological polar surface area (TPSA) is 20.7 Å². The summed E-state index contributed by atoms with van der Waals surface area (Å²) in [6.45, 7) is 5.42. The number of para-hydroxylation sites is 1. The Kier molecular flexibility index (Phi) is 5.20. The number of nitrogens with zero attached hydrogens (tertiary/aromatic N) is 1. The highest BCUT2D eigenvalue weighted by molar-refractivity contribution is 7.71. The van der Waals surface area contributed by atoms with Crippen molar-refractivity contribution in [1.29, 1.82) is 0 Å². The largest absolute Gasteiger partial charge is 0.330 e. The average molecular weight is 276 g/mol. The maximum Gasteiger partial charge on any atom is 0.178 e. The van der Waals surface area contributed by atoms with E-state index in [1.54, 1.807) is 0 Å². The molecule has 1 aromatic carbocycles. The summed E-state index contributed by atoms with van der Waals surface area (Å²) in [7, 11) is 0. The van der Waals surface area contributed by atoms with E-state index in [0.29, 0.717) is 0 Å². The number of nitrogens with one attached hydrogen (secondary N) is 1. The van der Waals surface area contributed by atoms with Gasteiger partial charge >= 0.3 is 0 Å². The molecule has 0 aliphatic heterocycles. The zero-order valence-corrected chi connectivity index (χ0v) is 12.9. The van der Waals surface area contributed by atoms with Gasteiger partial charge in [-0.1, -0.05) is 51.2 Å². The summed E-state index contributed by atoms with van der Waals surface area (Å²) in [5.41, 5.74) is 3.71. The van der Waals surface area contributed by atoms with Crippen LogP contribution in [0.4, 0.5) is 0 Å². The van der Waals surface area contributed by atoms with Gasteiger partial charge < -0.3 is 9.55 Å². The van der Waals surface area contributed by atoms with Crippen LogP contribution in [-0.4, -0.2) is 9.55 Å². The summed E-state index contributed by atoms with van der Waals surface area (Å²) in [6.07, 6.45) is 7.93. The minimum Gasteiger partial charge on any atom is -0.330 e. The number of rotatable bonds is 7. The molecule has 0 amide bonds. The SMILES string of the molecule is CCCCCCCCn1c(=S)[nH]c2c(C)cccc21. The van der Waals surface area contributed by atoms with Crippen LogP contribution in [0.25, 0.3) is 11.0 Å². The second-order valence-electron chi connectivity index (χ2n) is 5.32. The van der Waals surface area contributed by atoms with Crippen LogP contribution in [-0.2, 0) is 6.54 Å². The number of aryl methyl sites for hydroxylation is 2. The highest BCUT2D eigenvalue weighted by atomic mass is 32.1. The zero-order valence-electron chi connectivity index (χ0n) is 12.0. The van der Waals surface area contributed by atoms with Gasteiger partial charge in [-0.15, -0.1) is 0 Å². The Hall–Kier alpha value is -1.09. The quantitative estimate of drug-likeness (QED) is 0.532. The average Bonchev–Trinajstić information content (AvgIpc) is 2.72. The molecule has 0 unspecified atom stereocenters. The molecule has 2 nitrogen and oxygen atoms in total. The molecule has 0 spiro atoms. The predicted molar refractivity (Wildman–Crippen MR) is 85.2 cm³/mol. The smallest absolute Gasteiger partial charge is 0.178 e. The molecule has 104 valence electrons. The Morgan fingerprint density at radius 1 is 1.11 bits per heavy atom. The van der Waals surface area contributed by atoms with Gasteiger partial charge in [0, 0.05) is 6.54 Å². The first kappa shape index (κ1) is 14.3. The third kappa shape index (κ3) is 3.47. The molecule has 0 radical (unpaired) electrons. The monoisotopic (exact) mass is 276 g/mol. The molecule has 0 aliphatic rings. The van der Waals surface area contributed by atoms with Crippen molar-refractivity contribution in [2.24, 2.45) is 0 Å². The molecular weight excluding hydrogens is 252 g/mol. The Balaban J connectivity index is 1.99. The molecule has 1 aromatic heterocycles. The van der Waals surface area contributed by atoms with E-state index in [4.69, 9.17) is 12.2 Å². The molecule has 0 saturated carbocycles. The minimum atomic E-state index is 0.859. The molecule has 1 heterocycles. The lowest BCUT2D eigenvalue weighted by molar-refractivity contribution is 0.561. The zero-order chi connectivity index (χ0) is 13.7. The van der Waals surface area contributed by atoms with Gasteiger partial charge in [-0.05, 0) is 37.2 Å². The number of unbranched alkanes of at least 4 members (excludes halogenated alkanes) is 5. The Bertz CT molecular complexity index is 580. The van der Waals surface area contributed by atoms with Gasteiger partial charge in [0.05, 0.1) is 11.0 Å². The predicted octanol–water partition coefficient (Wildman–Crippen LogP) is 5.37. The molecule has 0 aliphatic carbocycles. The molecule has 2 aromatic rings. The van der Waals surface area contributed by atoms with E-state index in [0.717, 1.165) is 11.3 Å². The van der Waals surface area contributed by atoms with Crippen molar-refractivity contribution in [1.82, 2.24) is 9.55 Å². The second-order valence-corrected chi connectivity index (χ2v) is 5.71. The number of hydrogen-bond acceptors (Lipinski definition) is 1. The molecule has 2 rings (SSSR count). The van der Waals surface area contributed by atoms with Gasteiger partial charge in [-0.3, -0.25) is 0 Å². The lowest BCUT2D eigenvalue weighted by Gasteiger charge is -2.05. The molecule has 19 heavy (non-hydrogen) atoms. The van der Waals surface area contributed by atoms with Gasteiger partial charge in [0.2, 0.25) is 0 Å².